The summed E-state index contributed by atoms with van der Waals surface area (Å²) in [6.45, 7) is 0. The van der Waals surface area contributed by atoms with Crippen molar-refractivity contribution in [1.82, 2.24) is 0 Å². The second kappa shape index (κ2) is 6.10. The summed E-state index contributed by atoms with van der Waals surface area (Å²) in [6.07, 6.45) is 0. The summed E-state index contributed by atoms with van der Waals surface area (Å²) >= 11 is 23.6. The van der Waals surface area contributed by atoms with E-state index in [1.165, 1.54) is 24.3 Å². The first-order valence-corrected chi connectivity index (χ1v) is 6.90. The summed E-state index contributed by atoms with van der Waals surface area (Å²) in [5.41, 5.74) is 6.55. The average molecular weight is 350 g/mol. The van der Waals surface area contributed by atoms with Crippen molar-refractivity contribution in [1.29, 1.82) is 0 Å². The van der Waals surface area contributed by atoms with Crippen LogP contribution in [0.25, 0.3) is 0 Å². The van der Waals surface area contributed by atoms with Gasteiger partial charge in [0.15, 0.2) is 0 Å². The van der Waals surface area contributed by atoms with Gasteiger partial charge in [-0.3, -0.25) is 4.79 Å². The minimum Gasteiger partial charge on any atom is -0.398 e. The molecule has 0 spiro atoms. The van der Waals surface area contributed by atoms with Gasteiger partial charge >= 0.3 is 0 Å². The van der Waals surface area contributed by atoms with Crippen LogP contribution in [0, 0.1) is 0 Å². The number of hydrogen-bond acceptors (Lipinski definition) is 2. The quantitative estimate of drug-likeness (QED) is 0.738. The van der Waals surface area contributed by atoms with Crippen LogP contribution in [-0.4, -0.2) is 5.91 Å². The van der Waals surface area contributed by atoms with Gasteiger partial charge in [-0.05, 0) is 30.3 Å². The molecule has 0 aliphatic rings. The fourth-order valence-corrected chi connectivity index (χ4v) is 2.67. The zero-order valence-corrected chi connectivity index (χ0v) is 12.9. The molecular weight excluding hydrogens is 342 g/mol. The van der Waals surface area contributed by atoms with Gasteiger partial charge in [-0.1, -0.05) is 46.4 Å². The van der Waals surface area contributed by atoms with Crippen molar-refractivity contribution in [3.8, 4) is 0 Å². The molecule has 0 saturated heterocycles. The fourth-order valence-electron chi connectivity index (χ4n) is 1.58. The zero-order chi connectivity index (χ0) is 14.9. The lowest BCUT2D eigenvalue weighted by Gasteiger charge is -2.11. The Morgan fingerprint density at radius 1 is 0.950 bits per heavy atom. The molecule has 0 aliphatic carbocycles. The Bertz CT molecular complexity index is 665. The Labute approximate surface area is 135 Å². The van der Waals surface area contributed by atoms with E-state index in [2.05, 4.69) is 5.32 Å². The predicted octanol–water partition coefficient (Wildman–Crippen LogP) is 5.13. The molecule has 1 amide bonds. The van der Waals surface area contributed by atoms with Crippen LogP contribution in [0.5, 0.6) is 0 Å². The standard InChI is InChI=1S/C13H8Cl4N2O/c14-6-1-2-8(11(18)5-6)13(20)19-12-9(16)3-7(15)4-10(12)17/h1-5H,18H2,(H,19,20). The minimum absolute atomic E-state index is 0.239. The van der Waals surface area contributed by atoms with Crippen molar-refractivity contribution in [3.63, 3.8) is 0 Å². The molecule has 7 heteroatoms. The molecule has 2 aromatic rings. The molecule has 0 bridgehead atoms. The SMILES string of the molecule is Nc1cc(Cl)ccc1C(=O)Nc1c(Cl)cc(Cl)cc1Cl. The summed E-state index contributed by atoms with van der Waals surface area (Å²) in [6, 6.07) is 7.54. The monoisotopic (exact) mass is 348 g/mol. The second-order valence-electron chi connectivity index (χ2n) is 3.93. The van der Waals surface area contributed by atoms with E-state index in [0.29, 0.717) is 10.0 Å². The van der Waals surface area contributed by atoms with Crippen molar-refractivity contribution in [2.75, 3.05) is 11.1 Å². The van der Waals surface area contributed by atoms with Gasteiger partial charge in [-0.25, -0.2) is 0 Å². The predicted molar refractivity (Wildman–Crippen MR) is 85.3 cm³/mol. The summed E-state index contributed by atoms with van der Waals surface area (Å²) < 4.78 is 0. The van der Waals surface area contributed by atoms with Gasteiger partial charge in [0, 0.05) is 15.7 Å². The maximum Gasteiger partial charge on any atom is 0.257 e. The molecule has 0 aliphatic heterocycles. The maximum absolute atomic E-state index is 12.2. The summed E-state index contributed by atoms with van der Waals surface area (Å²) in [5.74, 6) is -0.440. The number of halogens is 4. The van der Waals surface area contributed by atoms with Crippen LogP contribution in [0.3, 0.4) is 0 Å². The summed E-state index contributed by atoms with van der Waals surface area (Å²) in [7, 11) is 0. The lowest BCUT2D eigenvalue weighted by molar-refractivity contribution is 0.102. The summed E-state index contributed by atoms with van der Waals surface area (Å²) in [4.78, 5) is 12.2. The minimum atomic E-state index is -0.440. The Morgan fingerprint density at radius 3 is 2.10 bits per heavy atom. The number of carbonyl (C=O) groups excluding carboxylic acids is 1. The van der Waals surface area contributed by atoms with Crippen molar-refractivity contribution in [2.45, 2.75) is 0 Å². The highest BCUT2D eigenvalue weighted by Crippen LogP contribution is 2.34. The van der Waals surface area contributed by atoms with Gasteiger partial charge in [-0.2, -0.15) is 0 Å². The number of benzene rings is 2. The van der Waals surface area contributed by atoms with E-state index in [4.69, 9.17) is 52.1 Å². The molecule has 0 aromatic heterocycles. The lowest BCUT2D eigenvalue weighted by atomic mass is 10.1. The van der Waals surface area contributed by atoms with Crippen LogP contribution in [-0.2, 0) is 0 Å². The fraction of sp³-hybridized carbons (Fsp3) is 0. The molecule has 2 rings (SSSR count). The molecule has 2 aromatic carbocycles. The van der Waals surface area contributed by atoms with Crippen molar-refractivity contribution in [2.24, 2.45) is 0 Å². The van der Waals surface area contributed by atoms with Crippen LogP contribution < -0.4 is 11.1 Å². The van der Waals surface area contributed by atoms with Crippen LogP contribution in [0.4, 0.5) is 11.4 Å². The topological polar surface area (TPSA) is 55.1 Å². The first-order valence-electron chi connectivity index (χ1n) is 5.39. The number of nitrogens with two attached hydrogens (primary N) is 1. The van der Waals surface area contributed by atoms with Gasteiger partial charge < -0.3 is 11.1 Å². The third kappa shape index (κ3) is 3.30. The van der Waals surface area contributed by atoms with Crippen LogP contribution >= 0.6 is 46.4 Å². The maximum atomic E-state index is 12.2. The van der Waals surface area contributed by atoms with E-state index in [-0.39, 0.29) is 27.0 Å². The van der Waals surface area contributed by atoms with E-state index in [0.717, 1.165) is 0 Å². The van der Waals surface area contributed by atoms with Gasteiger partial charge in [0.05, 0.1) is 21.3 Å². The third-order valence-electron chi connectivity index (χ3n) is 2.50. The van der Waals surface area contributed by atoms with E-state index < -0.39 is 5.91 Å². The smallest absolute Gasteiger partial charge is 0.257 e. The Morgan fingerprint density at radius 2 is 1.55 bits per heavy atom. The van der Waals surface area contributed by atoms with E-state index in [1.54, 1.807) is 6.07 Å². The number of amides is 1. The van der Waals surface area contributed by atoms with Crippen molar-refractivity contribution < 1.29 is 4.79 Å². The average Bonchev–Trinajstić information content (AvgIpc) is 2.33. The van der Waals surface area contributed by atoms with Crippen LogP contribution in [0.2, 0.25) is 20.1 Å². The zero-order valence-electron chi connectivity index (χ0n) is 9.88. The first-order chi connectivity index (χ1) is 9.38. The number of carbonyl (C=O) groups is 1. The molecule has 0 saturated carbocycles. The number of rotatable bonds is 2. The Hall–Kier alpha value is -1.13. The summed E-state index contributed by atoms with van der Waals surface area (Å²) in [5, 5.41) is 3.90. The molecule has 0 fully saturated rings. The van der Waals surface area contributed by atoms with E-state index >= 15 is 0 Å². The van der Waals surface area contributed by atoms with Gasteiger partial charge in [0.25, 0.3) is 5.91 Å². The molecule has 3 nitrogen and oxygen atoms in total. The molecule has 0 radical (unpaired) electrons. The van der Waals surface area contributed by atoms with E-state index in [1.807, 2.05) is 0 Å². The van der Waals surface area contributed by atoms with Crippen molar-refractivity contribution in [3.05, 3.63) is 56.0 Å². The highest BCUT2D eigenvalue weighted by atomic mass is 35.5. The largest absolute Gasteiger partial charge is 0.398 e. The number of nitrogens with one attached hydrogen (secondary N) is 1. The van der Waals surface area contributed by atoms with Gasteiger partial charge in [-0.15, -0.1) is 0 Å². The molecule has 3 N–H and O–H groups in total. The molecule has 0 atom stereocenters. The number of nitrogen functional groups attached to an aromatic ring is 1. The molecule has 20 heavy (non-hydrogen) atoms. The number of anilines is 2. The Kier molecular flexibility index (Phi) is 4.66. The normalized spacial score (nSPS) is 10.4. The Balaban J connectivity index is 2.33. The first kappa shape index (κ1) is 15.3. The van der Waals surface area contributed by atoms with Crippen LogP contribution in [0.15, 0.2) is 30.3 Å². The van der Waals surface area contributed by atoms with Gasteiger partial charge in [0.1, 0.15) is 0 Å². The molecular formula is C13H8Cl4N2O. The highest BCUT2D eigenvalue weighted by molar-refractivity contribution is 6.42. The van der Waals surface area contributed by atoms with Gasteiger partial charge in [0.2, 0.25) is 0 Å². The highest BCUT2D eigenvalue weighted by Gasteiger charge is 2.15. The number of hydrogen-bond donors (Lipinski definition) is 2. The molecule has 0 heterocycles. The van der Waals surface area contributed by atoms with Crippen LogP contribution in [0.1, 0.15) is 10.4 Å². The molecule has 104 valence electrons. The van der Waals surface area contributed by atoms with E-state index in [9.17, 15) is 4.79 Å². The lowest BCUT2D eigenvalue weighted by Crippen LogP contribution is -2.14. The molecule has 0 unspecified atom stereocenters. The third-order valence-corrected chi connectivity index (χ3v) is 3.55. The second-order valence-corrected chi connectivity index (χ2v) is 5.62. The van der Waals surface area contributed by atoms with Crippen molar-refractivity contribution >= 4 is 63.7 Å².